The molecular formula is C22H30N6O7. The van der Waals surface area contributed by atoms with Gasteiger partial charge in [-0.2, -0.15) is 0 Å². The number of amides is 4. The van der Waals surface area contributed by atoms with Crippen molar-refractivity contribution in [3.05, 3.63) is 36.0 Å². The highest BCUT2D eigenvalue weighted by atomic mass is 16.4. The summed E-state index contributed by atoms with van der Waals surface area (Å²) in [7, 11) is 0. The van der Waals surface area contributed by atoms with Crippen molar-refractivity contribution in [1.82, 2.24) is 20.9 Å². The molecule has 35 heavy (non-hydrogen) atoms. The first-order valence-electron chi connectivity index (χ1n) is 10.9. The summed E-state index contributed by atoms with van der Waals surface area (Å²) in [5.41, 5.74) is 12.3. The van der Waals surface area contributed by atoms with Gasteiger partial charge in [0.1, 0.15) is 24.7 Å². The summed E-state index contributed by atoms with van der Waals surface area (Å²) in [5.74, 6) is -4.40. The van der Waals surface area contributed by atoms with Gasteiger partial charge in [0.25, 0.3) is 0 Å². The highest BCUT2D eigenvalue weighted by Gasteiger charge is 2.30. The van der Waals surface area contributed by atoms with Gasteiger partial charge in [-0.1, -0.05) is 18.2 Å². The minimum atomic E-state index is -1.33. The Kier molecular flexibility index (Phi) is 9.73. The van der Waals surface area contributed by atoms with Crippen LogP contribution in [-0.4, -0.2) is 75.6 Å². The Bertz CT molecular complexity index is 1080. The third-order valence-electron chi connectivity index (χ3n) is 5.28. The lowest BCUT2D eigenvalue weighted by Crippen LogP contribution is -2.57. The number of benzene rings is 1. The first-order chi connectivity index (χ1) is 16.5. The zero-order chi connectivity index (χ0) is 26.1. The molecule has 4 atom stereocenters. The number of carbonyl (C=O) groups is 5. The number of aliphatic hydroxyl groups is 1. The van der Waals surface area contributed by atoms with Crippen LogP contribution in [0.25, 0.3) is 10.9 Å². The maximum absolute atomic E-state index is 13.0. The number of rotatable bonds is 13. The molecule has 1 heterocycles. The van der Waals surface area contributed by atoms with E-state index in [1.165, 1.54) is 6.92 Å². The van der Waals surface area contributed by atoms with E-state index in [9.17, 15) is 29.1 Å². The normalized spacial score (nSPS) is 14.4. The van der Waals surface area contributed by atoms with E-state index in [1.807, 2.05) is 18.2 Å². The number of hydrogen-bond acceptors (Lipinski definition) is 7. The van der Waals surface area contributed by atoms with Crippen molar-refractivity contribution in [2.45, 2.75) is 50.4 Å². The van der Waals surface area contributed by atoms with Gasteiger partial charge in [-0.05, 0) is 25.0 Å². The Morgan fingerprint density at radius 1 is 1.03 bits per heavy atom. The van der Waals surface area contributed by atoms with Crippen LogP contribution in [0, 0.1) is 0 Å². The van der Waals surface area contributed by atoms with Crippen LogP contribution in [0.4, 0.5) is 0 Å². The SMILES string of the molecule is CC(O)C(N)C(=O)NC(CCC(N)=O)C(=O)NC(Cc1c[nH]c2ccccc12)C(=O)NCC(=O)O. The van der Waals surface area contributed by atoms with E-state index in [-0.39, 0.29) is 19.3 Å². The van der Waals surface area contributed by atoms with E-state index < -0.39 is 60.4 Å². The largest absolute Gasteiger partial charge is 0.480 e. The molecule has 0 radical (unpaired) electrons. The van der Waals surface area contributed by atoms with Crippen molar-refractivity contribution < 1.29 is 34.2 Å². The van der Waals surface area contributed by atoms with Crippen LogP contribution in [0.2, 0.25) is 0 Å². The molecule has 2 aromatic rings. The predicted molar refractivity (Wildman–Crippen MR) is 125 cm³/mol. The van der Waals surface area contributed by atoms with Gasteiger partial charge in [0.2, 0.25) is 23.6 Å². The standard InChI is InChI=1S/C22H30N6O7/c1-11(29)19(24)22(35)27-15(6-7-17(23)30)21(34)28-16(20(33)26-10-18(31)32)8-12-9-25-14-5-3-2-4-13(12)14/h2-5,9,11,15-16,19,25,29H,6-8,10,24H2,1H3,(H2,23,30)(H,26,33)(H,27,35)(H,28,34)(H,31,32). The molecule has 0 saturated carbocycles. The van der Waals surface area contributed by atoms with Crippen LogP contribution < -0.4 is 27.4 Å². The molecule has 0 bridgehead atoms. The quantitative estimate of drug-likeness (QED) is 0.154. The second-order valence-electron chi connectivity index (χ2n) is 8.07. The number of nitrogens with one attached hydrogen (secondary N) is 4. The summed E-state index contributed by atoms with van der Waals surface area (Å²) < 4.78 is 0. The lowest BCUT2D eigenvalue weighted by molar-refractivity contribution is -0.138. The molecule has 0 fully saturated rings. The fourth-order valence-electron chi connectivity index (χ4n) is 3.33. The fourth-order valence-corrected chi connectivity index (χ4v) is 3.33. The average molecular weight is 491 g/mol. The van der Waals surface area contributed by atoms with Gasteiger partial charge in [0.05, 0.1) is 6.10 Å². The van der Waals surface area contributed by atoms with Gasteiger partial charge >= 0.3 is 5.97 Å². The van der Waals surface area contributed by atoms with E-state index in [0.717, 1.165) is 10.9 Å². The molecule has 0 aliphatic rings. The van der Waals surface area contributed by atoms with E-state index in [2.05, 4.69) is 20.9 Å². The van der Waals surface area contributed by atoms with Crippen molar-refractivity contribution in [2.75, 3.05) is 6.54 Å². The van der Waals surface area contributed by atoms with Gasteiger partial charge in [-0.25, -0.2) is 0 Å². The van der Waals surface area contributed by atoms with Gasteiger partial charge < -0.3 is 42.6 Å². The third-order valence-corrected chi connectivity index (χ3v) is 5.28. The monoisotopic (exact) mass is 490 g/mol. The molecule has 4 amide bonds. The van der Waals surface area contributed by atoms with Gasteiger partial charge in [-0.15, -0.1) is 0 Å². The number of aliphatic carboxylic acids is 1. The van der Waals surface area contributed by atoms with Crippen LogP contribution in [0.5, 0.6) is 0 Å². The number of hydrogen-bond donors (Lipinski definition) is 8. The van der Waals surface area contributed by atoms with E-state index >= 15 is 0 Å². The van der Waals surface area contributed by atoms with Crippen molar-refractivity contribution in [3.63, 3.8) is 0 Å². The summed E-state index contributed by atoms with van der Waals surface area (Å²) in [6, 6.07) is 3.45. The molecule has 4 unspecified atom stereocenters. The molecule has 190 valence electrons. The van der Waals surface area contributed by atoms with Crippen molar-refractivity contribution in [2.24, 2.45) is 11.5 Å². The molecule has 0 aliphatic carbocycles. The second-order valence-corrected chi connectivity index (χ2v) is 8.07. The van der Waals surface area contributed by atoms with Gasteiger partial charge in [-0.3, -0.25) is 24.0 Å². The molecule has 1 aromatic heterocycles. The first-order valence-corrected chi connectivity index (χ1v) is 10.9. The Labute approximate surface area is 200 Å². The zero-order valence-corrected chi connectivity index (χ0v) is 19.1. The number of aromatic nitrogens is 1. The lowest BCUT2D eigenvalue weighted by atomic mass is 10.0. The van der Waals surface area contributed by atoms with Gasteiger partial charge in [0, 0.05) is 29.9 Å². The Morgan fingerprint density at radius 3 is 2.31 bits per heavy atom. The average Bonchev–Trinajstić information content (AvgIpc) is 3.21. The number of aliphatic hydroxyl groups excluding tert-OH is 1. The van der Waals surface area contributed by atoms with Crippen molar-refractivity contribution in [3.8, 4) is 0 Å². The molecular weight excluding hydrogens is 460 g/mol. The number of aromatic amines is 1. The number of nitrogens with two attached hydrogens (primary N) is 2. The molecule has 2 rings (SSSR count). The Morgan fingerprint density at radius 2 is 1.69 bits per heavy atom. The molecule has 0 saturated heterocycles. The number of carboxylic acids is 1. The number of H-pyrrole nitrogens is 1. The maximum Gasteiger partial charge on any atom is 0.322 e. The molecule has 10 N–H and O–H groups in total. The van der Waals surface area contributed by atoms with Crippen LogP contribution >= 0.6 is 0 Å². The van der Waals surface area contributed by atoms with E-state index in [1.54, 1.807) is 12.3 Å². The van der Waals surface area contributed by atoms with E-state index in [0.29, 0.717) is 5.56 Å². The lowest BCUT2D eigenvalue weighted by Gasteiger charge is -2.24. The number of para-hydroxylation sites is 1. The fraction of sp³-hybridized carbons (Fsp3) is 0.409. The van der Waals surface area contributed by atoms with Crippen molar-refractivity contribution >= 4 is 40.5 Å². The number of carboxylic acid groups (broad SMARTS) is 1. The summed E-state index contributed by atoms with van der Waals surface area (Å²) in [6.45, 7) is 0.636. The summed E-state index contributed by atoms with van der Waals surface area (Å²) in [5, 5.41) is 26.4. The highest BCUT2D eigenvalue weighted by Crippen LogP contribution is 2.19. The Balaban J connectivity index is 2.26. The van der Waals surface area contributed by atoms with E-state index in [4.69, 9.17) is 16.6 Å². The molecule has 1 aromatic carbocycles. The molecule has 0 aliphatic heterocycles. The summed E-state index contributed by atoms with van der Waals surface area (Å²) in [4.78, 5) is 63.3. The van der Waals surface area contributed by atoms with Crippen LogP contribution in [0.1, 0.15) is 25.3 Å². The van der Waals surface area contributed by atoms with Gasteiger partial charge in [0.15, 0.2) is 0 Å². The summed E-state index contributed by atoms with van der Waals surface area (Å²) in [6.07, 6.45) is 0.0373. The number of carbonyl (C=O) groups excluding carboxylic acids is 4. The minimum Gasteiger partial charge on any atom is -0.480 e. The minimum absolute atomic E-state index is 0.00484. The zero-order valence-electron chi connectivity index (χ0n) is 19.1. The molecule has 13 nitrogen and oxygen atoms in total. The number of fused-ring (bicyclic) bond motifs is 1. The molecule has 0 spiro atoms. The third kappa shape index (κ3) is 8.08. The highest BCUT2D eigenvalue weighted by molar-refractivity contribution is 5.94. The second kappa shape index (κ2) is 12.5. The maximum atomic E-state index is 13.0. The Hall–Kier alpha value is -3.97. The predicted octanol–water partition coefficient (Wildman–Crippen LogP) is -2.15. The van der Waals surface area contributed by atoms with Crippen LogP contribution in [0.3, 0.4) is 0 Å². The van der Waals surface area contributed by atoms with Crippen LogP contribution in [-0.2, 0) is 30.4 Å². The number of primary amides is 1. The molecule has 13 heteroatoms. The van der Waals surface area contributed by atoms with Crippen molar-refractivity contribution in [1.29, 1.82) is 0 Å². The topological polar surface area (TPSA) is 230 Å². The summed E-state index contributed by atoms with van der Waals surface area (Å²) >= 11 is 0. The smallest absolute Gasteiger partial charge is 0.322 e. The van der Waals surface area contributed by atoms with Crippen LogP contribution in [0.15, 0.2) is 30.5 Å². The first kappa shape index (κ1) is 27.3.